The molecule has 0 bridgehead atoms. The maximum absolute atomic E-state index is 10.6. The van der Waals surface area contributed by atoms with Crippen LogP contribution in [0.4, 0.5) is 0 Å². The summed E-state index contributed by atoms with van der Waals surface area (Å²) in [5.74, 6) is 4.56. The second-order valence-electron chi connectivity index (χ2n) is 6.55. The number of carboxylic acids is 1. The zero-order valence-corrected chi connectivity index (χ0v) is 16.2. The minimum Gasteiger partial charge on any atom is -0.481 e. The van der Waals surface area contributed by atoms with Gasteiger partial charge in [0.2, 0.25) is 0 Å². The van der Waals surface area contributed by atoms with Crippen molar-refractivity contribution in [2.75, 3.05) is 13.2 Å². The summed E-state index contributed by atoms with van der Waals surface area (Å²) in [5, 5.41) is 8.72. The third-order valence-electron chi connectivity index (χ3n) is 4.12. The van der Waals surface area contributed by atoms with Crippen LogP contribution in [0.1, 0.15) is 89.9 Å². The highest BCUT2D eigenvalue weighted by Crippen LogP contribution is 2.12. The summed E-state index contributed by atoms with van der Waals surface area (Å²) >= 11 is 0. The molecule has 0 amide bonds. The summed E-state index contributed by atoms with van der Waals surface area (Å²) in [7, 11) is 0. The van der Waals surface area contributed by atoms with Crippen molar-refractivity contribution >= 4 is 5.97 Å². The van der Waals surface area contributed by atoms with E-state index in [0.717, 1.165) is 77.0 Å². The van der Waals surface area contributed by atoms with Crippen LogP contribution in [0, 0.1) is 24.7 Å². The average Bonchev–Trinajstić information content (AvgIpc) is 2.62. The summed E-state index contributed by atoms with van der Waals surface area (Å²) < 4.78 is 11.7. The van der Waals surface area contributed by atoms with E-state index < -0.39 is 5.97 Å². The summed E-state index contributed by atoms with van der Waals surface area (Å²) in [6.07, 6.45) is 23.0. The lowest BCUT2D eigenvalue weighted by molar-refractivity contribution is -0.148. The van der Waals surface area contributed by atoms with Gasteiger partial charge in [0, 0.05) is 32.5 Å². The van der Waals surface area contributed by atoms with Crippen LogP contribution >= 0.6 is 0 Å². The number of hydrogen-bond acceptors (Lipinski definition) is 3. The Morgan fingerprint density at radius 2 is 1.27 bits per heavy atom. The first-order valence-electron chi connectivity index (χ1n) is 10.0. The van der Waals surface area contributed by atoms with Crippen molar-refractivity contribution in [3.8, 4) is 24.7 Å². The second kappa shape index (κ2) is 19.8. The van der Waals surface area contributed by atoms with Gasteiger partial charge in [0.05, 0.1) is 0 Å². The number of unbranched alkanes of at least 4 members (excludes halogenated alkanes) is 9. The molecule has 0 saturated carbocycles. The van der Waals surface area contributed by atoms with Crippen LogP contribution in [0.5, 0.6) is 0 Å². The second-order valence-corrected chi connectivity index (χ2v) is 6.55. The first kappa shape index (κ1) is 24.5. The van der Waals surface area contributed by atoms with Crippen molar-refractivity contribution in [1.82, 2.24) is 0 Å². The topological polar surface area (TPSA) is 55.8 Å². The number of terminal acetylenes is 2. The van der Waals surface area contributed by atoms with Crippen LogP contribution < -0.4 is 0 Å². The van der Waals surface area contributed by atoms with E-state index in [4.69, 9.17) is 27.4 Å². The van der Waals surface area contributed by atoms with Crippen LogP contribution in [0.2, 0.25) is 0 Å². The molecule has 0 spiro atoms. The molecule has 4 nitrogen and oxygen atoms in total. The van der Waals surface area contributed by atoms with E-state index in [9.17, 15) is 4.79 Å². The van der Waals surface area contributed by atoms with E-state index in [0.29, 0.717) is 19.6 Å². The van der Waals surface area contributed by atoms with Gasteiger partial charge in [0.1, 0.15) is 0 Å². The fourth-order valence-electron chi connectivity index (χ4n) is 2.60. The number of rotatable bonds is 19. The van der Waals surface area contributed by atoms with Gasteiger partial charge in [-0.1, -0.05) is 25.7 Å². The molecule has 0 aliphatic carbocycles. The van der Waals surface area contributed by atoms with Crippen molar-refractivity contribution in [1.29, 1.82) is 0 Å². The monoisotopic (exact) mass is 364 g/mol. The van der Waals surface area contributed by atoms with E-state index in [-0.39, 0.29) is 12.7 Å². The molecule has 1 N–H and O–H groups in total. The minimum absolute atomic E-state index is 0.205. The first-order valence-corrected chi connectivity index (χ1v) is 10.0. The van der Waals surface area contributed by atoms with Crippen LogP contribution in [0.15, 0.2) is 0 Å². The average molecular weight is 365 g/mol. The third-order valence-corrected chi connectivity index (χ3v) is 4.12. The summed E-state index contributed by atoms with van der Waals surface area (Å²) in [5.41, 5.74) is 0. The molecule has 0 rings (SSSR count). The Morgan fingerprint density at radius 1 is 0.769 bits per heavy atom. The highest BCUT2D eigenvalue weighted by atomic mass is 16.7. The van der Waals surface area contributed by atoms with Gasteiger partial charge in [-0.25, -0.2) is 0 Å². The Hall–Kier alpha value is -1.49. The summed E-state index contributed by atoms with van der Waals surface area (Å²) in [4.78, 5) is 10.6. The van der Waals surface area contributed by atoms with E-state index >= 15 is 0 Å². The molecule has 0 aromatic heterocycles. The lowest BCUT2D eigenvalue weighted by atomic mass is 10.1. The van der Waals surface area contributed by atoms with Crippen LogP contribution in [-0.4, -0.2) is 30.6 Å². The number of carboxylic acid groups (broad SMARTS) is 1. The molecule has 0 aliphatic rings. The third kappa shape index (κ3) is 18.8. The van der Waals surface area contributed by atoms with Crippen molar-refractivity contribution < 1.29 is 19.4 Å². The fraction of sp³-hybridized carbons (Fsp3) is 0.773. The molecule has 26 heavy (non-hydrogen) atoms. The van der Waals surface area contributed by atoms with Crippen LogP contribution in [0.3, 0.4) is 0 Å². The van der Waals surface area contributed by atoms with Crippen molar-refractivity contribution in [3.05, 3.63) is 0 Å². The Balaban J connectivity index is 3.84. The largest absolute Gasteiger partial charge is 0.481 e. The molecule has 0 heterocycles. The number of ether oxygens (including phenoxy) is 2. The molecule has 0 radical (unpaired) electrons. The molecule has 0 aromatic rings. The van der Waals surface area contributed by atoms with Gasteiger partial charge < -0.3 is 14.6 Å². The molecule has 4 heteroatoms. The predicted octanol–water partition coefficient (Wildman–Crippen LogP) is 5.16. The van der Waals surface area contributed by atoms with E-state index in [2.05, 4.69) is 11.8 Å². The Morgan fingerprint density at radius 3 is 1.73 bits per heavy atom. The van der Waals surface area contributed by atoms with Crippen molar-refractivity contribution in [2.24, 2.45) is 0 Å². The number of carbonyl (C=O) groups is 1. The zero-order chi connectivity index (χ0) is 19.3. The highest BCUT2D eigenvalue weighted by Gasteiger charge is 2.10. The molecule has 0 aliphatic heterocycles. The Bertz CT molecular complexity index is 377. The quantitative estimate of drug-likeness (QED) is 0.195. The SMILES string of the molecule is C#CCCCCCCOC(CCCCC(=O)O)OCCCCCCC#C. The Kier molecular flexibility index (Phi) is 18.7. The van der Waals surface area contributed by atoms with E-state index in [1.165, 1.54) is 0 Å². The Labute approximate surface area is 160 Å². The molecular weight excluding hydrogens is 328 g/mol. The molecule has 0 atom stereocenters. The molecule has 0 saturated heterocycles. The molecular formula is C22H36O4. The lowest BCUT2D eigenvalue weighted by Crippen LogP contribution is -2.19. The van der Waals surface area contributed by atoms with Crippen molar-refractivity contribution in [2.45, 2.75) is 96.2 Å². The standard InChI is InChI=1S/C22H36O4/c1-3-5-7-9-11-15-19-25-22(18-14-13-17-21(23)24)26-20-16-12-10-8-6-4-2/h1-2,22H,5-20H2,(H,23,24). The smallest absolute Gasteiger partial charge is 0.303 e. The molecule has 0 unspecified atom stereocenters. The van der Waals surface area contributed by atoms with Gasteiger partial charge in [-0.15, -0.1) is 24.7 Å². The maximum Gasteiger partial charge on any atom is 0.303 e. The summed E-state index contributed by atoms with van der Waals surface area (Å²) in [6, 6.07) is 0. The molecule has 0 aromatic carbocycles. The highest BCUT2D eigenvalue weighted by molar-refractivity contribution is 5.66. The van der Waals surface area contributed by atoms with Crippen LogP contribution in [-0.2, 0) is 14.3 Å². The van der Waals surface area contributed by atoms with Crippen LogP contribution in [0.25, 0.3) is 0 Å². The van der Waals surface area contributed by atoms with Gasteiger partial charge in [-0.05, 0) is 44.9 Å². The van der Waals surface area contributed by atoms with Gasteiger partial charge in [0.15, 0.2) is 6.29 Å². The summed E-state index contributed by atoms with van der Waals surface area (Å²) in [6.45, 7) is 1.36. The fourth-order valence-corrected chi connectivity index (χ4v) is 2.60. The molecule has 148 valence electrons. The van der Waals surface area contributed by atoms with Gasteiger partial charge in [0.25, 0.3) is 0 Å². The predicted molar refractivity (Wildman–Crippen MR) is 106 cm³/mol. The minimum atomic E-state index is -0.748. The van der Waals surface area contributed by atoms with Gasteiger partial charge in [-0.3, -0.25) is 4.79 Å². The first-order chi connectivity index (χ1) is 12.7. The zero-order valence-electron chi connectivity index (χ0n) is 16.2. The van der Waals surface area contributed by atoms with E-state index in [1.54, 1.807) is 0 Å². The normalized spacial score (nSPS) is 10.6. The van der Waals surface area contributed by atoms with E-state index in [1.807, 2.05) is 0 Å². The maximum atomic E-state index is 10.6. The lowest BCUT2D eigenvalue weighted by Gasteiger charge is -2.18. The van der Waals surface area contributed by atoms with Gasteiger partial charge in [-0.2, -0.15) is 0 Å². The number of hydrogen-bond donors (Lipinski definition) is 1. The van der Waals surface area contributed by atoms with Crippen molar-refractivity contribution in [3.63, 3.8) is 0 Å². The number of aliphatic carboxylic acids is 1. The molecule has 0 fully saturated rings. The van der Waals surface area contributed by atoms with Gasteiger partial charge >= 0.3 is 5.97 Å².